The van der Waals surface area contributed by atoms with Crippen LogP contribution in [0.2, 0.25) is 0 Å². The summed E-state index contributed by atoms with van der Waals surface area (Å²) in [6.45, 7) is 8.84. The van der Waals surface area contributed by atoms with Crippen LogP contribution in [-0.2, 0) is 12.8 Å². The average molecular weight is 288 g/mol. The van der Waals surface area contributed by atoms with Crippen LogP contribution in [0.1, 0.15) is 32.7 Å². The molecule has 0 saturated carbocycles. The van der Waals surface area contributed by atoms with E-state index in [1.165, 1.54) is 16.7 Å². The van der Waals surface area contributed by atoms with Crippen molar-refractivity contribution in [1.82, 2.24) is 4.98 Å². The molecule has 0 amide bonds. The maximum atomic E-state index is 12.0. The standard InChI is InChI=1S/C19H16N2O/c1-13-3-5-14(6-4-13)9-15-10-17-16(19(22)12-20-2)7-8-21-18(17)11-15/h3-8,11H,9-10,12H2,1H3. The van der Waals surface area contributed by atoms with Gasteiger partial charge in [-0.2, -0.15) is 0 Å². The predicted molar refractivity (Wildman–Crippen MR) is 86.6 cm³/mol. The van der Waals surface area contributed by atoms with Crippen LogP contribution in [0.15, 0.2) is 42.1 Å². The molecule has 0 radical (unpaired) electrons. The van der Waals surface area contributed by atoms with Gasteiger partial charge in [0.1, 0.15) is 0 Å². The maximum Gasteiger partial charge on any atom is 0.276 e. The van der Waals surface area contributed by atoms with Gasteiger partial charge in [-0.3, -0.25) is 9.78 Å². The van der Waals surface area contributed by atoms with Crippen LogP contribution in [0.4, 0.5) is 0 Å². The number of pyridine rings is 1. The summed E-state index contributed by atoms with van der Waals surface area (Å²) in [5.41, 5.74) is 6.27. The Hall–Kier alpha value is -2.73. The van der Waals surface area contributed by atoms with Crippen LogP contribution < -0.4 is 0 Å². The molecular formula is C19H16N2O. The lowest BCUT2D eigenvalue weighted by Crippen LogP contribution is -2.07. The fourth-order valence-corrected chi connectivity index (χ4v) is 2.79. The lowest BCUT2D eigenvalue weighted by atomic mass is 9.99. The van der Waals surface area contributed by atoms with E-state index in [9.17, 15) is 4.79 Å². The Bertz CT molecular complexity index is 795. The largest absolute Gasteiger partial charge is 0.308 e. The van der Waals surface area contributed by atoms with E-state index in [1.807, 2.05) is 0 Å². The molecule has 0 fully saturated rings. The predicted octanol–water partition coefficient (Wildman–Crippen LogP) is 3.67. The molecule has 1 aliphatic rings. The highest BCUT2D eigenvalue weighted by Gasteiger charge is 2.22. The third-order valence-electron chi connectivity index (χ3n) is 3.91. The summed E-state index contributed by atoms with van der Waals surface area (Å²) in [6, 6.07) is 10.2. The lowest BCUT2D eigenvalue weighted by Gasteiger charge is -2.05. The highest BCUT2D eigenvalue weighted by Crippen LogP contribution is 2.28. The second kappa shape index (κ2) is 5.95. The van der Waals surface area contributed by atoms with Gasteiger partial charge >= 0.3 is 0 Å². The van der Waals surface area contributed by atoms with Crippen molar-refractivity contribution < 1.29 is 4.79 Å². The van der Waals surface area contributed by atoms with Gasteiger partial charge in [-0.15, -0.1) is 0 Å². The molecule has 0 atom stereocenters. The van der Waals surface area contributed by atoms with Gasteiger partial charge in [0.15, 0.2) is 0 Å². The first-order valence-electron chi connectivity index (χ1n) is 7.26. The number of carbonyl (C=O) groups excluding carboxylic acids is 1. The third kappa shape index (κ3) is 2.82. The molecule has 0 N–H and O–H groups in total. The van der Waals surface area contributed by atoms with Gasteiger partial charge in [0.25, 0.3) is 6.54 Å². The maximum absolute atomic E-state index is 12.0. The quantitative estimate of drug-likeness (QED) is 0.635. The molecule has 0 aliphatic heterocycles. The van der Waals surface area contributed by atoms with E-state index >= 15 is 0 Å². The monoisotopic (exact) mass is 288 g/mol. The van der Waals surface area contributed by atoms with Crippen molar-refractivity contribution in [3.63, 3.8) is 0 Å². The van der Waals surface area contributed by atoms with Crippen molar-refractivity contribution in [1.29, 1.82) is 0 Å². The van der Waals surface area contributed by atoms with Gasteiger partial charge in [0.2, 0.25) is 5.78 Å². The van der Waals surface area contributed by atoms with Crippen molar-refractivity contribution in [3.05, 3.63) is 81.5 Å². The van der Waals surface area contributed by atoms with E-state index < -0.39 is 0 Å². The number of ketones is 1. The molecule has 1 aromatic heterocycles. The van der Waals surface area contributed by atoms with Gasteiger partial charge in [-0.25, -0.2) is 6.57 Å². The number of hydrogen-bond donors (Lipinski definition) is 0. The Morgan fingerprint density at radius 1 is 1.27 bits per heavy atom. The van der Waals surface area contributed by atoms with Crippen LogP contribution in [-0.4, -0.2) is 17.3 Å². The summed E-state index contributed by atoms with van der Waals surface area (Å²) in [6.07, 6.45) is 5.34. The zero-order valence-corrected chi connectivity index (χ0v) is 12.5. The average Bonchev–Trinajstić information content (AvgIpc) is 2.92. The number of benzene rings is 1. The molecule has 0 saturated heterocycles. The minimum atomic E-state index is -0.112. The number of nitrogens with zero attached hydrogens (tertiary/aromatic N) is 2. The van der Waals surface area contributed by atoms with Gasteiger partial charge in [-0.05, 0) is 43.0 Å². The fourth-order valence-electron chi connectivity index (χ4n) is 2.79. The van der Waals surface area contributed by atoms with Crippen molar-refractivity contribution in [2.75, 3.05) is 6.54 Å². The molecule has 1 aromatic carbocycles. The summed E-state index contributed by atoms with van der Waals surface area (Å²) in [5.74, 6) is -0.112. The normalized spacial score (nSPS) is 12.5. The SMILES string of the molecule is [C-]#[N+]CC(=O)c1ccnc2c1CC(Cc1ccc(C)cc1)=C2. The molecule has 3 heteroatoms. The first-order chi connectivity index (χ1) is 10.7. The van der Waals surface area contributed by atoms with Crippen LogP contribution in [0.5, 0.6) is 0 Å². The third-order valence-corrected chi connectivity index (χ3v) is 3.91. The number of aromatic nitrogens is 1. The first-order valence-corrected chi connectivity index (χ1v) is 7.26. The number of Topliss-reactive ketones (excluding diaryl/α,β-unsaturated/α-hetero) is 1. The Labute approximate surface area is 130 Å². The van der Waals surface area contributed by atoms with Crippen molar-refractivity contribution in [2.45, 2.75) is 19.8 Å². The Kier molecular flexibility index (Phi) is 3.84. The molecule has 3 nitrogen and oxygen atoms in total. The lowest BCUT2D eigenvalue weighted by molar-refractivity contribution is 0.101. The smallest absolute Gasteiger partial charge is 0.276 e. The minimum Gasteiger partial charge on any atom is -0.308 e. The molecule has 1 aliphatic carbocycles. The number of allylic oxidation sites excluding steroid dienone is 1. The topological polar surface area (TPSA) is 34.3 Å². The van der Waals surface area contributed by atoms with Crippen LogP contribution in [0.3, 0.4) is 0 Å². The number of fused-ring (bicyclic) bond motifs is 1. The van der Waals surface area contributed by atoms with E-state index in [1.54, 1.807) is 12.3 Å². The summed E-state index contributed by atoms with van der Waals surface area (Å²) in [7, 11) is 0. The van der Waals surface area contributed by atoms with Crippen molar-refractivity contribution in [3.8, 4) is 0 Å². The Morgan fingerprint density at radius 3 is 2.77 bits per heavy atom. The van der Waals surface area contributed by atoms with Gasteiger partial charge in [0, 0.05) is 11.8 Å². The van der Waals surface area contributed by atoms with Crippen molar-refractivity contribution >= 4 is 11.9 Å². The highest BCUT2D eigenvalue weighted by molar-refractivity contribution is 6.00. The number of aryl methyl sites for hydroxylation is 1. The molecular weight excluding hydrogens is 272 g/mol. The second-order valence-corrected chi connectivity index (χ2v) is 5.60. The van der Waals surface area contributed by atoms with E-state index in [-0.39, 0.29) is 12.3 Å². The van der Waals surface area contributed by atoms with Gasteiger partial charge in [-0.1, -0.05) is 35.4 Å². The van der Waals surface area contributed by atoms with E-state index in [4.69, 9.17) is 6.57 Å². The molecule has 108 valence electrons. The number of rotatable bonds is 4. The fraction of sp³-hybridized carbons (Fsp3) is 0.211. The first kappa shape index (κ1) is 14.2. The van der Waals surface area contributed by atoms with E-state index in [2.05, 4.69) is 47.1 Å². The Morgan fingerprint density at radius 2 is 2.05 bits per heavy atom. The van der Waals surface area contributed by atoms with Gasteiger partial charge < -0.3 is 4.85 Å². The molecule has 0 spiro atoms. The molecule has 2 aromatic rings. The summed E-state index contributed by atoms with van der Waals surface area (Å²) >= 11 is 0. The molecule has 22 heavy (non-hydrogen) atoms. The summed E-state index contributed by atoms with van der Waals surface area (Å²) < 4.78 is 0. The van der Waals surface area contributed by atoms with Gasteiger partial charge in [0.05, 0.1) is 5.69 Å². The van der Waals surface area contributed by atoms with Crippen LogP contribution >= 0.6 is 0 Å². The second-order valence-electron chi connectivity index (χ2n) is 5.60. The molecule has 1 heterocycles. The molecule has 3 rings (SSSR count). The minimum absolute atomic E-state index is 0.0935. The van der Waals surface area contributed by atoms with Crippen molar-refractivity contribution in [2.24, 2.45) is 0 Å². The van der Waals surface area contributed by atoms with Crippen LogP contribution in [0.25, 0.3) is 10.9 Å². The molecule has 0 bridgehead atoms. The summed E-state index contributed by atoms with van der Waals surface area (Å²) in [5, 5.41) is 0. The van der Waals surface area contributed by atoms with E-state index in [0.717, 1.165) is 24.1 Å². The number of hydrogen-bond acceptors (Lipinski definition) is 2. The highest BCUT2D eigenvalue weighted by atomic mass is 16.1. The Balaban J connectivity index is 1.82. The number of carbonyl (C=O) groups is 1. The zero-order valence-electron chi connectivity index (χ0n) is 12.5. The van der Waals surface area contributed by atoms with E-state index in [0.29, 0.717) is 5.56 Å². The summed E-state index contributed by atoms with van der Waals surface area (Å²) in [4.78, 5) is 19.6. The zero-order chi connectivity index (χ0) is 15.5. The molecule has 0 unspecified atom stereocenters. The van der Waals surface area contributed by atoms with Crippen LogP contribution in [0, 0.1) is 13.5 Å².